The van der Waals surface area contributed by atoms with Gasteiger partial charge in [-0.05, 0) is 42.5 Å². The summed E-state index contributed by atoms with van der Waals surface area (Å²) in [5.74, 6) is 1.72. The lowest BCUT2D eigenvalue weighted by molar-refractivity contribution is 0.0736. The van der Waals surface area contributed by atoms with Crippen LogP contribution in [0.25, 0.3) is 0 Å². The third-order valence-electron chi connectivity index (χ3n) is 5.79. The molecule has 27 heavy (non-hydrogen) atoms. The number of benzene rings is 1. The summed E-state index contributed by atoms with van der Waals surface area (Å²) >= 11 is 0. The number of hydrogen-bond donors (Lipinski definition) is 0. The molecule has 1 amide bonds. The summed E-state index contributed by atoms with van der Waals surface area (Å²) in [6.45, 7) is 3.68. The van der Waals surface area contributed by atoms with Crippen LogP contribution >= 0.6 is 0 Å². The van der Waals surface area contributed by atoms with Crippen molar-refractivity contribution in [2.45, 2.75) is 25.4 Å². The second kappa shape index (κ2) is 7.69. The lowest BCUT2D eigenvalue weighted by Crippen LogP contribution is -2.43. The lowest BCUT2D eigenvalue weighted by atomic mass is 9.94. The van der Waals surface area contributed by atoms with Gasteiger partial charge in [0, 0.05) is 58.1 Å². The summed E-state index contributed by atoms with van der Waals surface area (Å²) < 4.78 is 0. The molecule has 1 aromatic carbocycles. The average Bonchev–Trinajstić information content (AvgIpc) is 3.00. The van der Waals surface area contributed by atoms with Gasteiger partial charge in [-0.1, -0.05) is 24.3 Å². The number of piperidine rings is 1. The number of hydrogen-bond acceptors (Lipinski definition) is 4. The molecular formula is C22H28N4O. The maximum absolute atomic E-state index is 12.9. The Morgan fingerprint density at radius 2 is 1.89 bits per heavy atom. The fourth-order valence-electron chi connectivity index (χ4n) is 4.31. The SMILES string of the molecule is CN(C)c1ccc(CN2C[C@H]3CC[C@@H]2CN(C(=O)c2ccccc2)C3)cn1. The number of anilines is 1. The van der Waals surface area contributed by atoms with Gasteiger partial charge in [0.2, 0.25) is 0 Å². The highest BCUT2D eigenvalue weighted by Gasteiger charge is 2.36. The van der Waals surface area contributed by atoms with Crippen LogP contribution in [0.3, 0.4) is 0 Å². The summed E-state index contributed by atoms with van der Waals surface area (Å²) in [6, 6.07) is 14.4. The van der Waals surface area contributed by atoms with Gasteiger partial charge in [0.1, 0.15) is 5.82 Å². The summed E-state index contributed by atoms with van der Waals surface area (Å²) in [5, 5.41) is 0. The minimum Gasteiger partial charge on any atom is -0.363 e. The van der Waals surface area contributed by atoms with Crippen molar-refractivity contribution in [3.63, 3.8) is 0 Å². The van der Waals surface area contributed by atoms with Crippen LogP contribution in [0.2, 0.25) is 0 Å². The molecule has 3 aliphatic rings. The van der Waals surface area contributed by atoms with Gasteiger partial charge in [0.25, 0.3) is 5.91 Å². The van der Waals surface area contributed by atoms with E-state index in [1.165, 1.54) is 18.4 Å². The Hall–Kier alpha value is -2.40. The van der Waals surface area contributed by atoms with Crippen LogP contribution in [-0.4, -0.2) is 60.5 Å². The van der Waals surface area contributed by atoms with Crippen LogP contribution in [0.5, 0.6) is 0 Å². The zero-order valence-corrected chi connectivity index (χ0v) is 16.2. The molecule has 0 N–H and O–H groups in total. The topological polar surface area (TPSA) is 39.7 Å². The molecule has 2 bridgehead atoms. The monoisotopic (exact) mass is 364 g/mol. The Balaban J connectivity index is 1.46. The van der Waals surface area contributed by atoms with Crippen LogP contribution in [-0.2, 0) is 6.54 Å². The Morgan fingerprint density at radius 3 is 2.59 bits per heavy atom. The largest absolute Gasteiger partial charge is 0.363 e. The first-order valence-corrected chi connectivity index (χ1v) is 9.81. The van der Waals surface area contributed by atoms with Crippen molar-refractivity contribution >= 4 is 11.7 Å². The number of aromatic nitrogens is 1. The lowest BCUT2D eigenvalue weighted by Gasteiger charge is -2.36. The van der Waals surface area contributed by atoms with E-state index in [1.807, 2.05) is 55.5 Å². The fourth-order valence-corrected chi connectivity index (χ4v) is 4.31. The first-order chi connectivity index (χ1) is 13.1. The van der Waals surface area contributed by atoms with E-state index in [9.17, 15) is 4.79 Å². The minimum absolute atomic E-state index is 0.173. The van der Waals surface area contributed by atoms with Crippen molar-refractivity contribution in [1.29, 1.82) is 0 Å². The molecule has 2 aromatic rings. The van der Waals surface area contributed by atoms with Gasteiger partial charge in [-0.15, -0.1) is 0 Å². The van der Waals surface area contributed by atoms with Gasteiger partial charge in [0.05, 0.1) is 0 Å². The van der Waals surface area contributed by atoms with E-state index in [2.05, 4.69) is 26.9 Å². The van der Waals surface area contributed by atoms with Gasteiger partial charge < -0.3 is 9.80 Å². The van der Waals surface area contributed by atoms with Gasteiger partial charge in [0.15, 0.2) is 0 Å². The molecular weight excluding hydrogens is 336 g/mol. The van der Waals surface area contributed by atoms with E-state index in [0.717, 1.165) is 37.6 Å². The number of fused-ring (bicyclic) bond motifs is 4. The molecule has 3 saturated heterocycles. The first kappa shape index (κ1) is 18.0. The maximum atomic E-state index is 12.9. The van der Waals surface area contributed by atoms with E-state index in [-0.39, 0.29) is 5.91 Å². The van der Waals surface area contributed by atoms with E-state index in [1.54, 1.807) is 0 Å². The van der Waals surface area contributed by atoms with Crippen molar-refractivity contribution in [3.8, 4) is 0 Å². The normalized spacial score (nSPS) is 22.5. The fraction of sp³-hybridized carbons (Fsp3) is 0.455. The third-order valence-corrected chi connectivity index (χ3v) is 5.79. The predicted molar refractivity (Wildman–Crippen MR) is 108 cm³/mol. The molecule has 0 radical (unpaired) electrons. The molecule has 0 saturated carbocycles. The number of nitrogens with zero attached hydrogens (tertiary/aromatic N) is 4. The number of pyridine rings is 1. The second-order valence-corrected chi connectivity index (χ2v) is 8.02. The van der Waals surface area contributed by atoms with Crippen molar-refractivity contribution in [2.24, 2.45) is 5.92 Å². The highest BCUT2D eigenvalue weighted by molar-refractivity contribution is 5.94. The number of carbonyl (C=O) groups is 1. The molecule has 2 atom stereocenters. The van der Waals surface area contributed by atoms with E-state index >= 15 is 0 Å². The quantitative estimate of drug-likeness (QED) is 0.836. The van der Waals surface area contributed by atoms with Gasteiger partial charge >= 0.3 is 0 Å². The zero-order chi connectivity index (χ0) is 18.8. The van der Waals surface area contributed by atoms with Crippen LogP contribution in [0.1, 0.15) is 28.8 Å². The standard InChI is InChI=1S/C22H28N4O/c1-24(2)21-11-9-17(12-23-21)13-25-14-18-8-10-20(25)16-26(15-18)22(27)19-6-4-3-5-7-19/h3-7,9,11-12,18,20H,8,10,13-16H2,1-2H3/t18-,20-/m1/s1. The van der Waals surface area contributed by atoms with Gasteiger partial charge in [-0.25, -0.2) is 4.98 Å². The van der Waals surface area contributed by atoms with Gasteiger partial charge in [-0.3, -0.25) is 9.69 Å². The van der Waals surface area contributed by atoms with E-state index in [4.69, 9.17) is 0 Å². The Morgan fingerprint density at radius 1 is 1.07 bits per heavy atom. The molecule has 5 heteroatoms. The molecule has 0 aliphatic carbocycles. The first-order valence-electron chi connectivity index (χ1n) is 9.81. The Labute approximate surface area is 161 Å². The van der Waals surface area contributed by atoms with Crippen molar-refractivity contribution in [1.82, 2.24) is 14.8 Å². The number of amides is 1. The van der Waals surface area contributed by atoms with E-state index < -0.39 is 0 Å². The molecule has 5 nitrogen and oxygen atoms in total. The van der Waals surface area contributed by atoms with Crippen molar-refractivity contribution in [2.75, 3.05) is 38.6 Å². The maximum Gasteiger partial charge on any atom is 0.253 e. The van der Waals surface area contributed by atoms with Crippen LogP contribution in [0.15, 0.2) is 48.7 Å². The summed E-state index contributed by atoms with van der Waals surface area (Å²) in [7, 11) is 4.02. The number of rotatable bonds is 4. The van der Waals surface area contributed by atoms with E-state index in [0.29, 0.717) is 12.0 Å². The summed E-state index contributed by atoms with van der Waals surface area (Å²) in [5.41, 5.74) is 2.04. The average molecular weight is 364 g/mol. The third kappa shape index (κ3) is 3.98. The van der Waals surface area contributed by atoms with Crippen molar-refractivity contribution in [3.05, 3.63) is 59.8 Å². The molecule has 5 rings (SSSR count). The van der Waals surface area contributed by atoms with Crippen molar-refractivity contribution < 1.29 is 4.79 Å². The predicted octanol–water partition coefficient (Wildman–Crippen LogP) is 2.88. The van der Waals surface area contributed by atoms with Gasteiger partial charge in [-0.2, -0.15) is 0 Å². The molecule has 0 unspecified atom stereocenters. The van der Waals surface area contributed by atoms with Crippen LogP contribution in [0, 0.1) is 5.92 Å². The molecule has 1 aromatic heterocycles. The van der Waals surface area contributed by atoms with Crippen LogP contribution < -0.4 is 4.90 Å². The Bertz CT molecular complexity index is 775. The smallest absolute Gasteiger partial charge is 0.253 e. The zero-order valence-electron chi connectivity index (χ0n) is 16.2. The second-order valence-electron chi connectivity index (χ2n) is 8.02. The molecule has 142 valence electrons. The molecule has 3 aliphatic heterocycles. The number of carbonyl (C=O) groups excluding carboxylic acids is 1. The minimum atomic E-state index is 0.173. The highest BCUT2D eigenvalue weighted by Crippen LogP contribution is 2.30. The molecule has 4 heterocycles. The molecule has 3 fully saturated rings. The highest BCUT2D eigenvalue weighted by atomic mass is 16.2. The summed E-state index contributed by atoms with van der Waals surface area (Å²) in [6.07, 6.45) is 4.38. The Kier molecular flexibility index (Phi) is 5.12. The summed E-state index contributed by atoms with van der Waals surface area (Å²) in [4.78, 5) is 24.1. The van der Waals surface area contributed by atoms with Crippen LogP contribution in [0.4, 0.5) is 5.82 Å². The molecule has 0 spiro atoms.